The van der Waals surface area contributed by atoms with Crippen LogP contribution in [-0.2, 0) is 4.79 Å². The Balaban J connectivity index is 0.000000561. The third-order valence-electron chi connectivity index (χ3n) is 0.952. The van der Waals surface area contributed by atoms with E-state index in [1.54, 1.807) is 0 Å². The molecule has 1 N–H and O–H groups in total. The molecule has 0 aromatic carbocycles. The summed E-state index contributed by atoms with van der Waals surface area (Å²) in [6, 6.07) is 1.50. The molecule has 4 nitrogen and oxygen atoms in total. The van der Waals surface area contributed by atoms with Gasteiger partial charge in [0.25, 0.3) is 0 Å². The van der Waals surface area contributed by atoms with Crippen LogP contribution in [0.2, 0.25) is 0 Å². The smallest absolute Gasteiger partial charge is 0.337 e. The molecule has 1 aromatic rings. The zero-order valence-electron chi connectivity index (χ0n) is 6.03. The third kappa shape index (κ3) is 3.25. The van der Waals surface area contributed by atoms with Gasteiger partial charge >= 0.3 is 5.97 Å². The first-order chi connectivity index (χ1) is 5.70. The Kier molecular flexibility index (Phi) is 4.87. The summed E-state index contributed by atoms with van der Waals surface area (Å²) in [5, 5.41) is 8.45. The van der Waals surface area contributed by atoms with E-state index in [0.29, 0.717) is 4.47 Å². The molecular weight excluding hydrogens is 226 g/mol. The highest BCUT2D eigenvalue weighted by Crippen LogP contribution is 2.08. The van der Waals surface area contributed by atoms with E-state index in [4.69, 9.17) is 9.90 Å². The Morgan fingerprint density at radius 3 is 2.42 bits per heavy atom. The number of hydrogen-bond acceptors (Lipinski definition) is 3. The molecule has 0 amide bonds. The lowest BCUT2D eigenvalue weighted by atomic mass is 10.3. The molecule has 12 heavy (non-hydrogen) atoms. The third-order valence-corrected chi connectivity index (χ3v) is 1.39. The molecule has 0 atom stereocenters. The Morgan fingerprint density at radius 2 is 2.08 bits per heavy atom. The fraction of sp³-hybridized carbons (Fsp3) is 0. The zero-order chi connectivity index (χ0) is 9.56. The first-order valence-corrected chi connectivity index (χ1v) is 3.62. The first-order valence-electron chi connectivity index (χ1n) is 2.83. The molecular formula is C7H6BrNO3. The van der Waals surface area contributed by atoms with Crippen LogP contribution in [0.15, 0.2) is 22.9 Å². The Hall–Kier alpha value is -1.23. The molecule has 0 fully saturated rings. The van der Waals surface area contributed by atoms with Gasteiger partial charge in [-0.05, 0) is 22.0 Å². The molecule has 0 radical (unpaired) electrons. The van der Waals surface area contributed by atoms with E-state index in [1.807, 2.05) is 6.79 Å². The van der Waals surface area contributed by atoms with Gasteiger partial charge in [-0.3, -0.25) is 4.98 Å². The summed E-state index contributed by atoms with van der Waals surface area (Å²) in [6.45, 7) is 2.00. The minimum atomic E-state index is -0.964. The van der Waals surface area contributed by atoms with Gasteiger partial charge in [-0.25, -0.2) is 4.79 Å². The molecule has 64 valence electrons. The summed E-state index contributed by atoms with van der Waals surface area (Å²) in [7, 11) is 0. The second kappa shape index (κ2) is 5.42. The number of pyridine rings is 1. The van der Waals surface area contributed by atoms with Gasteiger partial charge in [0.15, 0.2) is 0 Å². The molecule has 5 heteroatoms. The molecule has 0 spiro atoms. The summed E-state index contributed by atoms with van der Waals surface area (Å²) in [6.07, 6.45) is 2.83. The minimum absolute atomic E-state index is 0.189. The van der Waals surface area contributed by atoms with Crippen molar-refractivity contribution in [3.05, 3.63) is 28.5 Å². The van der Waals surface area contributed by atoms with Crippen molar-refractivity contribution in [2.75, 3.05) is 0 Å². The summed E-state index contributed by atoms with van der Waals surface area (Å²) in [5.41, 5.74) is 0.189. The number of carboxylic acids is 1. The van der Waals surface area contributed by atoms with Gasteiger partial charge in [0.1, 0.15) is 6.79 Å². The fourth-order valence-electron chi connectivity index (χ4n) is 0.529. The van der Waals surface area contributed by atoms with Crippen LogP contribution in [0.1, 0.15) is 10.4 Å². The van der Waals surface area contributed by atoms with Crippen LogP contribution in [0.25, 0.3) is 0 Å². The van der Waals surface area contributed by atoms with E-state index in [9.17, 15) is 4.79 Å². The lowest BCUT2D eigenvalue weighted by Crippen LogP contribution is -1.95. The number of rotatable bonds is 1. The van der Waals surface area contributed by atoms with Gasteiger partial charge in [0.2, 0.25) is 0 Å². The number of hydrogen-bond donors (Lipinski definition) is 1. The molecule has 0 saturated heterocycles. The first kappa shape index (κ1) is 10.8. The number of halogens is 1. The van der Waals surface area contributed by atoms with Crippen LogP contribution >= 0.6 is 15.9 Å². The summed E-state index contributed by atoms with van der Waals surface area (Å²) in [5.74, 6) is -0.964. The second-order valence-corrected chi connectivity index (χ2v) is 2.61. The van der Waals surface area contributed by atoms with E-state index >= 15 is 0 Å². The van der Waals surface area contributed by atoms with Crippen LogP contribution in [0, 0.1) is 0 Å². The highest BCUT2D eigenvalue weighted by molar-refractivity contribution is 9.10. The molecule has 1 heterocycles. The number of nitrogens with zero attached hydrogens (tertiary/aromatic N) is 1. The molecule has 0 aliphatic carbocycles. The van der Waals surface area contributed by atoms with Gasteiger partial charge in [-0.15, -0.1) is 0 Å². The van der Waals surface area contributed by atoms with Gasteiger partial charge in [-0.2, -0.15) is 0 Å². The summed E-state index contributed by atoms with van der Waals surface area (Å²) < 4.78 is 0.674. The number of aromatic carboxylic acids is 1. The van der Waals surface area contributed by atoms with Crippen molar-refractivity contribution in [1.82, 2.24) is 4.98 Å². The van der Waals surface area contributed by atoms with Gasteiger partial charge in [-0.1, -0.05) is 0 Å². The molecule has 0 bridgehead atoms. The maximum absolute atomic E-state index is 10.3. The molecule has 0 aliphatic heterocycles. The second-order valence-electron chi connectivity index (χ2n) is 1.70. The van der Waals surface area contributed by atoms with Crippen LogP contribution in [0.3, 0.4) is 0 Å². The number of carbonyl (C=O) groups excluding carboxylic acids is 1. The standard InChI is InChI=1S/C6H4BrNO2.CH2O/c7-5-1-4(6(9)10)2-8-3-5;1-2/h1-3H,(H,9,10);1H2. The van der Waals surface area contributed by atoms with E-state index < -0.39 is 5.97 Å². The van der Waals surface area contributed by atoms with Crippen molar-refractivity contribution >= 4 is 28.7 Å². The SMILES string of the molecule is C=O.O=C(O)c1cncc(Br)c1. The van der Waals surface area contributed by atoms with Crippen molar-refractivity contribution in [3.63, 3.8) is 0 Å². The molecule has 1 aromatic heterocycles. The topological polar surface area (TPSA) is 67.3 Å². The van der Waals surface area contributed by atoms with E-state index in [0.717, 1.165) is 0 Å². The number of carbonyl (C=O) groups is 2. The van der Waals surface area contributed by atoms with E-state index in [2.05, 4.69) is 20.9 Å². The van der Waals surface area contributed by atoms with Crippen molar-refractivity contribution in [2.24, 2.45) is 0 Å². The lowest BCUT2D eigenvalue weighted by molar-refractivity contribution is -0.0980. The maximum Gasteiger partial charge on any atom is 0.337 e. The maximum atomic E-state index is 10.3. The normalized spacial score (nSPS) is 8.08. The largest absolute Gasteiger partial charge is 0.478 e. The Morgan fingerprint density at radius 1 is 1.50 bits per heavy atom. The molecule has 0 saturated carbocycles. The minimum Gasteiger partial charge on any atom is -0.478 e. The quantitative estimate of drug-likeness (QED) is 0.793. The average Bonchev–Trinajstić information content (AvgIpc) is 2.08. The summed E-state index contributed by atoms with van der Waals surface area (Å²) in [4.78, 5) is 22.0. The van der Waals surface area contributed by atoms with Gasteiger partial charge < -0.3 is 9.90 Å². The van der Waals surface area contributed by atoms with Crippen molar-refractivity contribution in [1.29, 1.82) is 0 Å². The van der Waals surface area contributed by atoms with Crippen molar-refractivity contribution in [2.45, 2.75) is 0 Å². The van der Waals surface area contributed by atoms with Gasteiger partial charge in [0, 0.05) is 16.9 Å². The molecule has 1 rings (SSSR count). The highest BCUT2D eigenvalue weighted by atomic mass is 79.9. The van der Waals surface area contributed by atoms with Crippen molar-refractivity contribution < 1.29 is 14.7 Å². The Labute approximate surface area is 77.4 Å². The average molecular weight is 232 g/mol. The zero-order valence-corrected chi connectivity index (χ0v) is 7.61. The van der Waals surface area contributed by atoms with Gasteiger partial charge in [0.05, 0.1) is 5.56 Å². The van der Waals surface area contributed by atoms with Crippen LogP contribution < -0.4 is 0 Å². The molecule has 0 aliphatic rings. The number of aromatic nitrogens is 1. The predicted octanol–water partition coefficient (Wildman–Crippen LogP) is 1.36. The number of carboxylic acid groups (broad SMARTS) is 1. The summed E-state index contributed by atoms with van der Waals surface area (Å²) >= 11 is 3.10. The van der Waals surface area contributed by atoms with Crippen LogP contribution in [0.4, 0.5) is 0 Å². The van der Waals surface area contributed by atoms with E-state index in [-0.39, 0.29) is 5.56 Å². The lowest BCUT2D eigenvalue weighted by Gasteiger charge is -1.91. The van der Waals surface area contributed by atoms with Crippen LogP contribution in [-0.4, -0.2) is 22.8 Å². The van der Waals surface area contributed by atoms with Crippen molar-refractivity contribution in [3.8, 4) is 0 Å². The molecule has 0 unspecified atom stereocenters. The Bertz CT molecular complexity index is 277. The van der Waals surface area contributed by atoms with E-state index in [1.165, 1.54) is 18.5 Å². The predicted molar refractivity (Wildman–Crippen MR) is 46.0 cm³/mol. The highest BCUT2D eigenvalue weighted by Gasteiger charge is 2.01. The van der Waals surface area contributed by atoms with Crippen LogP contribution in [0.5, 0.6) is 0 Å². The monoisotopic (exact) mass is 231 g/mol. The fourth-order valence-corrected chi connectivity index (χ4v) is 0.894.